The lowest BCUT2D eigenvalue weighted by Gasteiger charge is -2.30. The number of esters is 2. The molecule has 0 saturated heterocycles. The first-order valence-corrected chi connectivity index (χ1v) is 17.4. The molecule has 0 aromatic heterocycles. The van der Waals surface area contributed by atoms with Gasteiger partial charge in [0.2, 0.25) is 0 Å². The van der Waals surface area contributed by atoms with Crippen LogP contribution in [0.4, 0.5) is 0 Å². The Morgan fingerprint density at radius 3 is 1.96 bits per heavy atom. The number of hydrogen-bond acceptors (Lipinski definition) is 7. The maximum absolute atomic E-state index is 11.8. The van der Waals surface area contributed by atoms with E-state index in [1.165, 1.54) is 0 Å². The second kappa shape index (κ2) is 11.8. The zero-order valence-corrected chi connectivity index (χ0v) is 20.1. The largest absolute Gasteiger partial charge is 0.463 e. The Hall–Kier alpha value is -0.789. The van der Waals surface area contributed by atoms with E-state index >= 15 is 0 Å². The number of hydrogen-bond donors (Lipinski definition) is 1. The first-order valence-electron chi connectivity index (χ1n) is 8.81. The summed E-state index contributed by atoms with van der Waals surface area (Å²) < 4.78 is 22.3. The molecule has 0 spiro atoms. The first-order chi connectivity index (χ1) is 11.8. The molecule has 0 radical (unpaired) electrons. The maximum Gasteiger partial charge on any atom is 0.333 e. The molecule has 0 bridgehead atoms. The summed E-state index contributed by atoms with van der Waals surface area (Å²) in [7, 11) is -5.16. The van der Waals surface area contributed by atoms with Crippen LogP contribution in [-0.2, 0) is 27.3 Å². The highest BCUT2D eigenvalue weighted by atomic mass is 28.4. The van der Waals surface area contributed by atoms with Crippen LogP contribution in [0.25, 0.3) is 0 Å². The molecule has 0 fully saturated rings. The summed E-state index contributed by atoms with van der Waals surface area (Å²) in [6, 6.07) is 0.771. The lowest BCUT2D eigenvalue weighted by atomic mass is 10.2. The van der Waals surface area contributed by atoms with E-state index < -0.39 is 37.9 Å². The third-order valence-corrected chi connectivity index (χ3v) is 11.4. The minimum Gasteiger partial charge on any atom is -0.463 e. The van der Waals surface area contributed by atoms with E-state index in [0.717, 1.165) is 6.04 Å². The van der Waals surface area contributed by atoms with Gasteiger partial charge in [-0.25, -0.2) is 4.79 Å². The molecule has 0 aromatic carbocycles. The van der Waals surface area contributed by atoms with Crippen molar-refractivity contribution in [3.8, 4) is 0 Å². The van der Waals surface area contributed by atoms with E-state index in [-0.39, 0.29) is 31.8 Å². The van der Waals surface area contributed by atoms with Gasteiger partial charge < -0.3 is 22.8 Å². The lowest BCUT2D eigenvalue weighted by molar-refractivity contribution is -0.146. The van der Waals surface area contributed by atoms with Crippen molar-refractivity contribution in [2.45, 2.75) is 58.2 Å². The molecule has 26 heavy (non-hydrogen) atoms. The standard InChI is InChI=1S/C16H34O7Si3/c1-14(13-15(18)20-11-9-17)16(19)21-10-8-12-24(22-25(2,3)4)23-26(5,6)7/h17,24H,1,8-13H2,2-7H3. The smallest absolute Gasteiger partial charge is 0.333 e. The first kappa shape index (κ1) is 25.2. The zero-order valence-electron chi connectivity index (χ0n) is 16.9. The van der Waals surface area contributed by atoms with E-state index in [9.17, 15) is 9.59 Å². The van der Waals surface area contributed by atoms with Crippen molar-refractivity contribution in [3.05, 3.63) is 12.2 Å². The van der Waals surface area contributed by atoms with Crippen molar-refractivity contribution < 1.29 is 32.4 Å². The quantitative estimate of drug-likeness (QED) is 0.211. The fraction of sp³-hybridized carbons (Fsp3) is 0.750. The Labute approximate surface area is 160 Å². The number of aliphatic hydroxyl groups is 1. The molecule has 0 unspecified atom stereocenters. The van der Waals surface area contributed by atoms with Gasteiger partial charge in [-0.1, -0.05) is 6.58 Å². The summed E-state index contributed by atoms with van der Waals surface area (Å²) in [5, 5.41) is 8.58. The molecule has 7 nitrogen and oxygen atoms in total. The van der Waals surface area contributed by atoms with E-state index in [1.807, 2.05) is 0 Å². The fourth-order valence-corrected chi connectivity index (χ4v) is 10.3. The topological polar surface area (TPSA) is 91.3 Å². The van der Waals surface area contributed by atoms with Crippen molar-refractivity contribution >= 4 is 37.9 Å². The Morgan fingerprint density at radius 2 is 1.50 bits per heavy atom. The summed E-state index contributed by atoms with van der Waals surface area (Å²) in [5.41, 5.74) is 0.0402. The molecule has 0 heterocycles. The summed E-state index contributed by atoms with van der Waals surface area (Å²) in [6.45, 7) is 16.3. The van der Waals surface area contributed by atoms with Crippen LogP contribution in [0, 0.1) is 0 Å². The molecule has 0 aliphatic rings. The van der Waals surface area contributed by atoms with E-state index in [0.29, 0.717) is 6.42 Å². The van der Waals surface area contributed by atoms with E-state index in [2.05, 4.69) is 50.6 Å². The van der Waals surface area contributed by atoms with Gasteiger partial charge in [-0.2, -0.15) is 0 Å². The molecule has 10 heteroatoms. The molecule has 0 rings (SSSR count). The second-order valence-corrected chi connectivity index (χ2v) is 19.7. The summed E-state index contributed by atoms with van der Waals surface area (Å²) in [6.07, 6.45) is 0.410. The number of ether oxygens (including phenoxy) is 2. The van der Waals surface area contributed by atoms with Gasteiger partial charge in [-0.3, -0.25) is 4.79 Å². The second-order valence-electron chi connectivity index (χ2n) is 7.89. The van der Waals surface area contributed by atoms with Crippen molar-refractivity contribution in [2.24, 2.45) is 0 Å². The molecule has 0 aromatic rings. The summed E-state index contributed by atoms with van der Waals surface area (Å²) in [4.78, 5) is 23.2. The third-order valence-electron chi connectivity index (χ3n) is 2.79. The Kier molecular flexibility index (Phi) is 11.5. The van der Waals surface area contributed by atoms with Gasteiger partial charge in [-0.15, -0.1) is 0 Å². The van der Waals surface area contributed by atoms with Crippen molar-refractivity contribution in [3.63, 3.8) is 0 Å². The third kappa shape index (κ3) is 14.4. The van der Waals surface area contributed by atoms with Gasteiger partial charge in [0.25, 0.3) is 0 Å². The van der Waals surface area contributed by atoms with Crippen LogP contribution in [0.5, 0.6) is 0 Å². The molecular weight excluding hydrogens is 388 g/mol. The highest BCUT2D eigenvalue weighted by molar-refractivity contribution is 6.81. The van der Waals surface area contributed by atoms with Crippen LogP contribution in [0.3, 0.4) is 0 Å². The maximum atomic E-state index is 11.8. The molecule has 0 saturated carbocycles. The van der Waals surface area contributed by atoms with Crippen LogP contribution in [0.15, 0.2) is 12.2 Å². The number of carbonyl (C=O) groups excluding carboxylic acids is 2. The molecule has 1 N–H and O–H groups in total. The number of aliphatic hydroxyl groups excluding tert-OH is 1. The Bertz CT molecular complexity index is 453. The van der Waals surface area contributed by atoms with E-state index in [1.54, 1.807) is 0 Å². The van der Waals surface area contributed by atoms with Crippen molar-refractivity contribution in [2.75, 3.05) is 19.8 Å². The average molecular weight is 423 g/mol. The minimum atomic E-state index is -1.80. The fourth-order valence-electron chi connectivity index (χ4n) is 1.90. The van der Waals surface area contributed by atoms with Crippen LogP contribution >= 0.6 is 0 Å². The Balaban J connectivity index is 4.27. The van der Waals surface area contributed by atoms with Crippen LogP contribution in [0.1, 0.15) is 12.8 Å². The average Bonchev–Trinajstić information content (AvgIpc) is 2.45. The monoisotopic (exact) mass is 422 g/mol. The van der Waals surface area contributed by atoms with Crippen LogP contribution in [-0.4, -0.2) is 62.8 Å². The zero-order chi connectivity index (χ0) is 20.4. The van der Waals surface area contributed by atoms with Gasteiger partial charge in [0.05, 0.1) is 19.6 Å². The molecule has 0 atom stereocenters. The van der Waals surface area contributed by atoms with Gasteiger partial charge in [-0.05, 0) is 51.7 Å². The highest BCUT2D eigenvalue weighted by Gasteiger charge is 2.28. The minimum absolute atomic E-state index is 0.0402. The predicted molar refractivity (Wildman–Crippen MR) is 108 cm³/mol. The van der Waals surface area contributed by atoms with Crippen LogP contribution < -0.4 is 0 Å². The lowest BCUT2D eigenvalue weighted by Crippen LogP contribution is -2.43. The molecular formula is C16H34O7Si3. The SMILES string of the molecule is C=C(CC(=O)OCCO)C(=O)OCCC[SiH](O[Si](C)(C)C)O[Si](C)(C)C. The van der Waals surface area contributed by atoms with Crippen LogP contribution in [0.2, 0.25) is 45.3 Å². The molecule has 0 aliphatic carbocycles. The van der Waals surface area contributed by atoms with Crippen molar-refractivity contribution in [1.82, 2.24) is 0 Å². The summed E-state index contributed by atoms with van der Waals surface area (Å²) in [5.74, 6) is -1.22. The van der Waals surface area contributed by atoms with Gasteiger partial charge in [0.15, 0.2) is 16.6 Å². The highest BCUT2D eigenvalue weighted by Crippen LogP contribution is 2.16. The number of rotatable bonds is 13. The van der Waals surface area contributed by atoms with E-state index in [4.69, 9.17) is 18.1 Å². The number of carbonyl (C=O) groups is 2. The van der Waals surface area contributed by atoms with Gasteiger partial charge in [0.1, 0.15) is 6.61 Å². The molecule has 0 amide bonds. The predicted octanol–water partition coefficient (Wildman–Crippen LogP) is 2.32. The normalized spacial score (nSPS) is 12.2. The molecule has 152 valence electrons. The summed E-state index contributed by atoms with van der Waals surface area (Å²) >= 11 is 0. The Morgan fingerprint density at radius 1 is 0.962 bits per heavy atom. The van der Waals surface area contributed by atoms with Gasteiger partial charge in [0, 0.05) is 5.57 Å². The molecule has 0 aliphatic heterocycles. The van der Waals surface area contributed by atoms with Gasteiger partial charge >= 0.3 is 21.2 Å². The van der Waals surface area contributed by atoms with Crippen molar-refractivity contribution in [1.29, 1.82) is 0 Å².